The second-order valence-corrected chi connectivity index (χ2v) is 8.04. The molecule has 3 atom stereocenters. The summed E-state index contributed by atoms with van der Waals surface area (Å²) in [4.78, 5) is 17.4. The molecule has 5 nitrogen and oxygen atoms in total. The number of halogens is 2. The fraction of sp³-hybridized carbons (Fsp3) is 0.812. The molecule has 0 spiro atoms. The summed E-state index contributed by atoms with van der Waals surface area (Å²) in [6.45, 7) is 2.23. The Kier molecular flexibility index (Phi) is 4.28. The van der Waals surface area contributed by atoms with E-state index in [0.29, 0.717) is 36.7 Å². The van der Waals surface area contributed by atoms with E-state index >= 15 is 0 Å². The largest absolute Gasteiger partial charge is 0.332 e. The molecule has 24 heavy (non-hydrogen) atoms. The first-order valence-corrected chi connectivity index (χ1v) is 9.52. The van der Waals surface area contributed by atoms with Gasteiger partial charge in [0.1, 0.15) is 4.88 Å². The van der Waals surface area contributed by atoms with Crippen LogP contribution in [0.25, 0.3) is 0 Å². The summed E-state index contributed by atoms with van der Waals surface area (Å²) in [5, 5.41) is 3.74. The molecule has 1 aromatic heterocycles. The molecule has 8 heteroatoms. The van der Waals surface area contributed by atoms with Crippen molar-refractivity contribution >= 4 is 17.4 Å². The molecule has 5 rings (SSSR count). The summed E-state index contributed by atoms with van der Waals surface area (Å²) in [5.74, 6) is -2.92. The van der Waals surface area contributed by atoms with E-state index in [-0.39, 0.29) is 18.4 Å². The van der Waals surface area contributed by atoms with Gasteiger partial charge in [0, 0.05) is 37.5 Å². The number of hydrogen-bond acceptors (Lipinski definition) is 5. The predicted octanol–water partition coefficient (Wildman–Crippen LogP) is 2.65. The van der Waals surface area contributed by atoms with Gasteiger partial charge in [-0.3, -0.25) is 9.69 Å². The van der Waals surface area contributed by atoms with Crippen LogP contribution >= 0.6 is 11.5 Å². The number of alkyl halides is 2. The molecule has 1 aliphatic carbocycles. The van der Waals surface area contributed by atoms with Crippen molar-refractivity contribution in [1.82, 2.24) is 19.4 Å². The van der Waals surface area contributed by atoms with Gasteiger partial charge in [-0.1, -0.05) is 4.49 Å². The summed E-state index contributed by atoms with van der Waals surface area (Å²) >= 11 is 1.13. The molecular formula is C16H22F2N4OS. The van der Waals surface area contributed by atoms with Gasteiger partial charge in [-0.05, 0) is 50.2 Å². The Morgan fingerprint density at radius 2 is 2.12 bits per heavy atom. The lowest BCUT2D eigenvalue weighted by Gasteiger charge is -2.51. The number of fused-ring (bicyclic) bond motifs is 3. The van der Waals surface area contributed by atoms with Crippen LogP contribution in [-0.4, -0.2) is 62.9 Å². The minimum Gasteiger partial charge on any atom is -0.332 e. The van der Waals surface area contributed by atoms with E-state index < -0.39 is 11.8 Å². The number of hydrogen-bond donors (Lipinski definition) is 0. The van der Waals surface area contributed by atoms with E-state index in [1.807, 2.05) is 4.90 Å². The highest BCUT2D eigenvalue weighted by atomic mass is 32.1. The third-order valence-corrected chi connectivity index (χ3v) is 6.55. The smallest absolute Gasteiger partial charge is 0.267 e. The zero-order valence-electron chi connectivity index (χ0n) is 13.5. The van der Waals surface area contributed by atoms with E-state index in [1.54, 1.807) is 0 Å². The zero-order chi connectivity index (χ0) is 16.7. The molecule has 4 aliphatic rings. The van der Waals surface area contributed by atoms with Crippen LogP contribution in [0, 0.1) is 5.92 Å². The van der Waals surface area contributed by atoms with Crippen molar-refractivity contribution in [2.24, 2.45) is 5.92 Å². The summed E-state index contributed by atoms with van der Waals surface area (Å²) in [6.07, 6.45) is 5.50. The monoisotopic (exact) mass is 356 g/mol. The summed E-state index contributed by atoms with van der Waals surface area (Å²) in [6, 6.07) is 0.489. The van der Waals surface area contributed by atoms with Crippen LogP contribution in [0.15, 0.2) is 6.20 Å². The molecule has 3 saturated heterocycles. The van der Waals surface area contributed by atoms with Crippen LogP contribution in [0.4, 0.5) is 8.78 Å². The maximum atomic E-state index is 13.8. The van der Waals surface area contributed by atoms with E-state index in [2.05, 4.69) is 14.5 Å². The minimum atomic E-state index is -2.48. The first-order chi connectivity index (χ1) is 11.5. The average Bonchev–Trinajstić information content (AvgIpc) is 3.22. The van der Waals surface area contributed by atoms with Crippen LogP contribution in [0.2, 0.25) is 0 Å². The van der Waals surface area contributed by atoms with Gasteiger partial charge in [-0.15, -0.1) is 5.10 Å². The predicted molar refractivity (Wildman–Crippen MR) is 86.2 cm³/mol. The number of carbonyl (C=O) groups is 1. The number of aromatic nitrogens is 2. The lowest BCUT2D eigenvalue weighted by molar-refractivity contribution is -0.0516. The molecule has 0 aromatic carbocycles. The van der Waals surface area contributed by atoms with E-state index in [9.17, 15) is 13.6 Å². The van der Waals surface area contributed by atoms with Gasteiger partial charge in [-0.2, -0.15) is 0 Å². The fourth-order valence-electron chi connectivity index (χ4n) is 4.52. The highest BCUT2D eigenvalue weighted by Crippen LogP contribution is 2.42. The molecule has 1 aromatic rings. The Morgan fingerprint density at radius 1 is 1.29 bits per heavy atom. The number of nitrogens with zero attached hydrogens (tertiary/aromatic N) is 4. The molecule has 4 fully saturated rings. The highest BCUT2D eigenvalue weighted by molar-refractivity contribution is 7.07. The van der Waals surface area contributed by atoms with Gasteiger partial charge in [0.25, 0.3) is 11.8 Å². The van der Waals surface area contributed by atoms with Gasteiger partial charge in [0.05, 0.1) is 6.20 Å². The Balaban J connectivity index is 1.36. The Morgan fingerprint density at radius 3 is 2.75 bits per heavy atom. The molecule has 0 N–H and O–H groups in total. The molecule has 132 valence electrons. The van der Waals surface area contributed by atoms with E-state index in [0.717, 1.165) is 37.5 Å². The number of rotatable bonds is 4. The van der Waals surface area contributed by atoms with Crippen molar-refractivity contribution in [2.75, 3.05) is 19.6 Å². The zero-order valence-corrected chi connectivity index (χ0v) is 14.4. The van der Waals surface area contributed by atoms with Crippen molar-refractivity contribution in [3.63, 3.8) is 0 Å². The van der Waals surface area contributed by atoms with Gasteiger partial charge in [-0.25, -0.2) is 8.78 Å². The lowest BCUT2D eigenvalue weighted by Crippen LogP contribution is -2.64. The number of piperazine rings is 1. The topological polar surface area (TPSA) is 49.3 Å². The van der Waals surface area contributed by atoms with Crippen LogP contribution < -0.4 is 0 Å². The van der Waals surface area contributed by atoms with Crippen LogP contribution in [0.3, 0.4) is 0 Å². The van der Waals surface area contributed by atoms with Crippen molar-refractivity contribution in [3.8, 4) is 0 Å². The third kappa shape index (κ3) is 2.94. The molecular weight excluding hydrogens is 334 g/mol. The normalized spacial score (nSPS) is 32.4. The van der Waals surface area contributed by atoms with Gasteiger partial charge >= 0.3 is 0 Å². The Bertz CT molecular complexity index is 597. The molecule has 1 amide bonds. The lowest BCUT2D eigenvalue weighted by atomic mass is 9.89. The van der Waals surface area contributed by atoms with Gasteiger partial charge in [0.2, 0.25) is 0 Å². The molecule has 4 heterocycles. The minimum absolute atomic E-state index is 0.0154. The Labute approximate surface area is 144 Å². The quantitative estimate of drug-likeness (QED) is 0.832. The van der Waals surface area contributed by atoms with Crippen molar-refractivity contribution < 1.29 is 13.6 Å². The Hall–Kier alpha value is -1.15. The van der Waals surface area contributed by atoms with Gasteiger partial charge < -0.3 is 4.90 Å². The molecule has 0 radical (unpaired) electrons. The fourth-order valence-corrected chi connectivity index (χ4v) is 4.99. The molecule has 1 saturated carbocycles. The summed E-state index contributed by atoms with van der Waals surface area (Å²) in [5.41, 5.74) is 0. The van der Waals surface area contributed by atoms with Crippen molar-refractivity contribution in [1.29, 1.82) is 0 Å². The second-order valence-electron chi connectivity index (χ2n) is 7.26. The molecule has 3 unspecified atom stereocenters. The van der Waals surface area contributed by atoms with Crippen LogP contribution in [0.5, 0.6) is 0 Å². The number of amides is 1. The van der Waals surface area contributed by atoms with Crippen LogP contribution in [0.1, 0.15) is 48.2 Å². The van der Waals surface area contributed by atoms with Gasteiger partial charge in [0.15, 0.2) is 0 Å². The standard InChI is InChI=1S/C16H22F2N4OS/c17-16(18)6-1-2-11(16)5-7-21-9-13-4-3-12(21)10-22(13)15(23)14-8-19-20-24-14/h8,11-13H,1-7,9-10H2. The third-order valence-electron chi connectivity index (χ3n) is 5.90. The first-order valence-electron chi connectivity index (χ1n) is 8.75. The number of carbonyl (C=O) groups excluding carboxylic acids is 1. The molecule has 3 aliphatic heterocycles. The SMILES string of the molecule is O=C(c1cnns1)N1CC2CCC1CN2CCC1CCCC1(F)F. The average molecular weight is 356 g/mol. The summed E-state index contributed by atoms with van der Waals surface area (Å²) in [7, 11) is 0. The highest BCUT2D eigenvalue weighted by Gasteiger charge is 2.45. The number of piperidine rings is 2. The van der Waals surface area contributed by atoms with Crippen molar-refractivity contribution in [2.45, 2.75) is 56.5 Å². The maximum absolute atomic E-state index is 13.8. The molecule has 2 bridgehead atoms. The van der Waals surface area contributed by atoms with E-state index in [1.165, 1.54) is 6.20 Å². The van der Waals surface area contributed by atoms with Crippen LogP contribution in [-0.2, 0) is 0 Å². The summed E-state index contributed by atoms with van der Waals surface area (Å²) < 4.78 is 31.4. The first kappa shape index (κ1) is 16.3. The maximum Gasteiger partial charge on any atom is 0.267 e. The van der Waals surface area contributed by atoms with E-state index in [4.69, 9.17) is 0 Å². The van der Waals surface area contributed by atoms with Crippen molar-refractivity contribution in [3.05, 3.63) is 11.1 Å². The second kappa shape index (κ2) is 6.29.